The molecule has 3 nitrogen and oxygen atoms in total. The van der Waals surface area contributed by atoms with Gasteiger partial charge in [0.15, 0.2) is 0 Å². The third-order valence-corrected chi connectivity index (χ3v) is 2.15. The summed E-state index contributed by atoms with van der Waals surface area (Å²) in [7, 11) is 0. The SMILES string of the molecule is C#CCC(=O)N1CCC(CO)C1. The Kier molecular flexibility index (Phi) is 3.12. The number of carbonyl (C=O) groups is 1. The van der Waals surface area contributed by atoms with Gasteiger partial charge < -0.3 is 10.0 Å². The first-order valence-corrected chi connectivity index (χ1v) is 4.10. The van der Waals surface area contributed by atoms with E-state index in [9.17, 15) is 4.79 Å². The number of terminal acetylenes is 1. The number of nitrogens with zero attached hydrogens (tertiary/aromatic N) is 1. The number of carbonyl (C=O) groups excluding carboxylic acids is 1. The molecule has 1 heterocycles. The number of hydrogen-bond acceptors (Lipinski definition) is 2. The first-order valence-electron chi connectivity index (χ1n) is 4.10. The lowest BCUT2D eigenvalue weighted by molar-refractivity contribution is -0.129. The highest BCUT2D eigenvalue weighted by molar-refractivity contribution is 5.78. The van der Waals surface area contributed by atoms with Crippen molar-refractivity contribution < 1.29 is 9.90 Å². The summed E-state index contributed by atoms with van der Waals surface area (Å²) in [5, 5.41) is 8.82. The Morgan fingerprint density at radius 3 is 3.00 bits per heavy atom. The number of aliphatic hydroxyl groups is 1. The Balaban J connectivity index is 2.37. The molecule has 1 aliphatic rings. The quantitative estimate of drug-likeness (QED) is 0.581. The molecular weight excluding hydrogens is 154 g/mol. The van der Waals surface area contributed by atoms with E-state index in [1.807, 2.05) is 0 Å². The third-order valence-electron chi connectivity index (χ3n) is 2.15. The van der Waals surface area contributed by atoms with Crippen molar-refractivity contribution in [2.45, 2.75) is 12.8 Å². The smallest absolute Gasteiger partial charge is 0.234 e. The van der Waals surface area contributed by atoms with Crippen molar-refractivity contribution in [2.75, 3.05) is 19.7 Å². The molecule has 12 heavy (non-hydrogen) atoms. The zero-order chi connectivity index (χ0) is 8.97. The molecule has 1 fully saturated rings. The monoisotopic (exact) mass is 167 g/mol. The Morgan fingerprint density at radius 1 is 1.75 bits per heavy atom. The van der Waals surface area contributed by atoms with Crippen molar-refractivity contribution in [3.05, 3.63) is 0 Å². The molecule has 1 aliphatic heterocycles. The van der Waals surface area contributed by atoms with E-state index in [-0.39, 0.29) is 24.9 Å². The van der Waals surface area contributed by atoms with Crippen molar-refractivity contribution in [1.29, 1.82) is 0 Å². The highest BCUT2D eigenvalue weighted by atomic mass is 16.3. The molecule has 0 saturated carbocycles. The average Bonchev–Trinajstić information content (AvgIpc) is 2.52. The van der Waals surface area contributed by atoms with Gasteiger partial charge in [-0.2, -0.15) is 0 Å². The van der Waals surface area contributed by atoms with Gasteiger partial charge in [-0.15, -0.1) is 6.42 Å². The lowest BCUT2D eigenvalue weighted by atomic mass is 10.1. The van der Waals surface area contributed by atoms with Gasteiger partial charge in [-0.3, -0.25) is 4.79 Å². The van der Waals surface area contributed by atoms with Gasteiger partial charge in [0.2, 0.25) is 5.91 Å². The summed E-state index contributed by atoms with van der Waals surface area (Å²) in [4.78, 5) is 12.9. The zero-order valence-corrected chi connectivity index (χ0v) is 6.99. The van der Waals surface area contributed by atoms with Gasteiger partial charge in [-0.1, -0.05) is 5.92 Å². The number of aliphatic hydroxyl groups excluding tert-OH is 1. The van der Waals surface area contributed by atoms with Gasteiger partial charge in [0.25, 0.3) is 0 Å². The second-order valence-corrected chi connectivity index (χ2v) is 3.06. The Labute approximate surface area is 72.4 Å². The van der Waals surface area contributed by atoms with Crippen molar-refractivity contribution in [2.24, 2.45) is 5.92 Å². The molecule has 1 N–H and O–H groups in total. The molecule has 3 heteroatoms. The maximum Gasteiger partial charge on any atom is 0.234 e. The van der Waals surface area contributed by atoms with Gasteiger partial charge in [-0.05, 0) is 6.42 Å². The van der Waals surface area contributed by atoms with Crippen LogP contribution < -0.4 is 0 Å². The predicted octanol–water partition coefficient (Wildman–Crippen LogP) is -0.150. The fourth-order valence-electron chi connectivity index (χ4n) is 1.41. The average molecular weight is 167 g/mol. The summed E-state index contributed by atoms with van der Waals surface area (Å²) in [5.74, 6) is 2.59. The van der Waals surface area contributed by atoms with E-state index in [0.29, 0.717) is 6.54 Å². The van der Waals surface area contributed by atoms with E-state index in [4.69, 9.17) is 11.5 Å². The van der Waals surface area contributed by atoms with E-state index in [2.05, 4.69) is 5.92 Å². The van der Waals surface area contributed by atoms with Crippen molar-refractivity contribution in [1.82, 2.24) is 4.90 Å². The van der Waals surface area contributed by atoms with Gasteiger partial charge in [-0.25, -0.2) is 0 Å². The van der Waals surface area contributed by atoms with Crippen LogP contribution in [0, 0.1) is 18.3 Å². The van der Waals surface area contributed by atoms with Crippen LogP contribution in [0.4, 0.5) is 0 Å². The van der Waals surface area contributed by atoms with Gasteiger partial charge in [0.1, 0.15) is 0 Å². The van der Waals surface area contributed by atoms with E-state index in [1.165, 1.54) is 0 Å². The van der Waals surface area contributed by atoms with Crippen LogP contribution in [0.2, 0.25) is 0 Å². The summed E-state index contributed by atoms with van der Waals surface area (Å²) in [6, 6.07) is 0. The second kappa shape index (κ2) is 4.13. The number of hydrogen-bond donors (Lipinski definition) is 1. The van der Waals surface area contributed by atoms with Crippen LogP contribution in [0.1, 0.15) is 12.8 Å². The second-order valence-electron chi connectivity index (χ2n) is 3.06. The fourth-order valence-corrected chi connectivity index (χ4v) is 1.41. The molecule has 0 aromatic heterocycles. The Bertz CT molecular complexity index is 207. The van der Waals surface area contributed by atoms with Gasteiger partial charge >= 0.3 is 0 Å². The van der Waals surface area contributed by atoms with Crippen molar-refractivity contribution in [3.8, 4) is 12.3 Å². The van der Waals surface area contributed by atoms with E-state index in [0.717, 1.165) is 13.0 Å². The zero-order valence-electron chi connectivity index (χ0n) is 6.99. The van der Waals surface area contributed by atoms with Gasteiger partial charge in [0.05, 0.1) is 6.42 Å². The third kappa shape index (κ3) is 1.99. The molecule has 1 saturated heterocycles. The molecule has 0 aromatic rings. The Hall–Kier alpha value is -1.01. The summed E-state index contributed by atoms with van der Waals surface area (Å²) in [6.45, 7) is 1.57. The first kappa shape index (κ1) is 9.08. The van der Waals surface area contributed by atoms with Crippen LogP contribution in [0.25, 0.3) is 0 Å². The van der Waals surface area contributed by atoms with Crippen LogP contribution in [0.5, 0.6) is 0 Å². The first-order chi connectivity index (χ1) is 5.77. The predicted molar refractivity (Wildman–Crippen MR) is 45.2 cm³/mol. The van der Waals surface area contributed by atoms with Crippen molar-refractivity contribution >= 4 is 5.91 Å². The minimum atomic E-state index is 0.00782. The van der Waals surface area contributed by atoms with E-state index < -0.39 is 0 Å². The van der Waals surface area contributed by atoms with Crippen LogP contribution in [-0.4, -0.2) is 35.6 Å². The van der Waals surface area contributed by atoms with Crippen molar-refractivity contribution in [3.63, 3.8) is 0 Å². The fraction of sp³-hybridized carbons (Fsp3) is 0.667. The summed E-state index contributed by atoms with van der Waals surface area (Å²) in [6.07, 6.45) is 6.09. The molecule has 1 rings (SSSR count). The molecule has 0 aliphatic carbocycles. The Morgan fingerprint density at radius 2 is 2.50 bits per heavy atom. The molecule has 1 amide bonds. The van der Waals surface area contributed by atoms with Gasteiger partial charge in [0, 0.05) is 25.6 Å². The molecule has 66 valence electrons. The van der Waals surface area contributed by atoms with E-state index >= 15 is 0 Å². The molecule has 0 bridgehead atoms. The molecule has 1 atom stereocenters. The molecule has 0 radical (unpaired) electrons. The molecular formula is C9H13NO2. The largest absolute Gasteiger partial charge is 0.396 e. The summed E-state index contributed by atoms with van der Waals surface area (Å²) < 4.78 is 0. The normalized spacial score (nSPS) is 22.3. The molecule has 0 spiro atoms. The number of amides is 1. The van der Waals surface area contributed by atoms with Crippen LogP contribution >= 0.6 is 0 Å². The number of rotatable bonds is 2. The minimum absolute atomic E-state index is 0.00782. The number of likely N-dealkylation sites (tertiary alicyclic amines) is 1. The van der Waals surface area contributed by atoms with Crippen LogP contribution in [0.15, 0.2) is 0 Å². The summed E-state index contributed by atoms with van der Waals surface area (Å²) in [5.41, 5.74) is 0. The molecule has 1 unspecified atom stereocenters. The van der Waals surface area contributed by atoms with Crippen LogP contribution in [0.3, 0.4) is 0 Å². The van der Waals surface area contributed by atoms with E-state index in [1.54, 1.807) is 4.90 Å². The minimum Gasteiger partial charge on any atom is -0.396 e. The topological polar surface area (TPSA) is 40.5 Å². The maximum absolute atomic E-state index is 11.2. The standard InChI is InChI=1S/C9H13NO2/c1-2-3-9(12)10-5-4-8(6-10)7-11/h1,8,11H,3-7H2. The highest BCUT2D eigenvalue weighted by Crippen LogP contribution is 2.15. The lowest BCUT2D eigenvalue weighted by Crippen LogP contribution is -2.28. The summed E-state index contributed by atoms with van der Waals surface area (Å²) >= 11 is 0. The lowest BCUT2D eigenvalue weighted by Gasteiger charge is -2.13. The highest BCUT2D eigenvalue weighted by Gasteiger charge is 2.24. The maximum atomic E-state index is 11.2. The van der Waals surface area contributed by atoms with Crippen LogP contribution in [-0.2, 0) is 4.79 Å². The molecule has 0 aromatic carbocycles.